The zero-order valence-electron chi connectivity index (χ0n) is 12.1. The van der Waals surface area contributed by atoms with Gasteiger partial charge < -0.3 is 9.26 Å². The highest BCUT2D eigenvalue weighted by molar-refractivity contribution is 5.89. The van der Waals surface area contributed by atoms with Crippen molar-refractivity contribution in [1.29, 1.82) is 0 Å². The summed E-state index contributed by atoms with van der Waals surface area (Å²) in [4.78, 5) is 16.4. The molecule has 0 aliphatic heterocycles. The third-order valence-electron chi connectivity index (χ3n) is 3.04. The summed E-state index contributed by atoms with van der Waals surface area (Å²) in [5.41, 5.74) is 1.11. The molecule has 3 rings (SSSR count). The number of aromatic nitrogens is 4. The summed E-state index contributed by atoms with van der Waals surface area (Å²) in [7, 11) is 1.73. The van der Waals surface area contributed by atoms with E-state index < -0.39 is 12.1 Å². The van der Waals surface area contributed by atoms with Crippen molar-refractivity contribution in [1.82, 2.24) is 19.9 Å². The molecule has 7 nitrogen and oxygen atoms in total. The molecule has 1 atom stereocenters. The van der Waals surface area contributed by atoms with Crippen LogP contribution in [-0.2, 0) is 11.8 Å². The van der Waals surface area contributed by atoms with Gasteiger partial charge in [0.1, 0.15) is 0 Å². The van der Waals surface area contributed by atoms with Crippen LogP contribution in [0, 0.1) is 6.92 Å². The predicted octanol–water partition coefficient (Wildman–Crippen LogP) is 2.06. The van der Waals surface area contributed by atoms with E-state index in [1.54, 1.807) is 20.2 Å². The maximum Gasteiger partial charge on any atom is 0.342 e. The molecule has 1 aromatic carbocycles. The van der Waals surface area contributed by atoms with E-state index in [9.17, 15) is 4.79 Å². The fourth-order valence-electron chi connectivity index (χ4n) is 2.01. The first kappa shape index (κ1) is 14.0. The number of hydrogen-bond acceptors (Lipinski definition) is 6. The molecule has 3 aromatic rings. The highest BCUT2D eigenvalue weighted by Gasteiger charge is 2.25. The van der Waals surface area contributed by atoms with E-state index in [1.165, 1.54) is 10.9 Å². The van der Waals surface area contributed by atoms with Crippen LogP contribution < -0.4 is 0 Å². The first-order valence-corrected chi connectivity index (χ1v) is 6.68. The maximum atomic E-state index is 12.3. The summed E-state index contributed by atoms with van der Waals surface area (Å²) in [5.74, 6) is 0.215. The molecule has 7 heteroatoms. The Labute approximate surface area is 126 Å². The van der Waals surface area contributed by atoms with Crippen molar-refractivity contribution in [2.75, 3.05) is 0 Å². The van der Waals surface area contributed by atoms with Gasteiger partial charge in [-0.15, -0.1) is 0 Å². The molecule has 0 unspecified atom stereocenters. The molecule has 0 radical (unpaired) electrons. The molecule has 112 valence electrons. The molecule has 0 saturated heterocycles. The highest BCUT2D eigenvalue weighted by atomic mass is 16.6. The van der Waals surface area contributed by atoms with Crippen LogP contribution in [0.15, 0.2) is 47.2 Å². The van der Waals surface area contributed by atoms with Crippen molar-refractivity contribution in [2.24, 2.45) is 7.05 Å². The standard InChI is InChI=1S/C15H14N4O3/c1-10-17-14(22-18-10)13(11-6-4-3-5-7-11)21-15(20)12-8-16-19(2)9-12/h3-9,13H,1-2H3/t13-/m1/s1. The zero-order chi connectivity index (χ0) is 15.5. The van der Waals surface area contributed by atoms with E-state index in [4.69, 9.17) is 9.26 Å². The van der Waals surface area contributed by atoms with Gasteiger partial charge in [-0.3, -0.25) is 4.68 Å². The Bertz CT molecular complexity index is 779. The molecule has 0 fully saturated rings. The van der Waals surface area contributed by atoms with Crippen molar-refractivity contribution < 1.29 is 14.1 Å². The number of benzene rings is 1. The van der Waals surface area contributed by atoms with Gasteiger partial charge >= 0.3 is 5.97 Å². The van der Waals surface area contributed by atoms with Crippen LogP contribution in [-0.4, -0.2) is 25.9 Å². The summed E-state index contributed by atoms with van der Waals surface area (Å²) < 4.78 is 12.2. The number of ether oxygens (including phenoxy) is 1. The molecule has 0 aliphatic carbocycles. The van der Waals surface area contributed by atoms with Gasteiger partial charge in [-0.2, -0.15) is 10.1 Å². The molecule has 0 bridgehead atoms. The smallest absolute Gasteiger partial charge is 0.342 e. The summed E-state index contributed by atoms with van der Waals surface area (Å²) in [5, 5.41) is 7.71. The zero-order valence-corrected chi connectivity index (χ0v) is 12.1. The molecule has 0 N–H and O–H groups in total. The molecular weight excluding hydrogens is 284 g/mol. The van der Waals surface area contributed by atoms with Gasteiger partial charge in [0.15, 0.2) is 5.82 Å². The summed E-state index contributed by atoms with van der Waals surface area (Å²) in [6.07, 6.45) is 2.28. The topological polar surface area (TPSA) is 83.0 Å². The highest BCUT2D eigenvalue weighted by Crippen LogP contribution is 2.25. The van der Waals surface area contributed by atoms with Crippen LogP contribution in [0.3, 0.4) is 0 Å². The van der Waals surface area contributed by atoms with Crippen LogP contribution in [0.2, 0.25) is 0 Å². The minimum Gasteiger partial charge on any atom is -0.444 e. The molecule has 0 aliphatic rings. The number of esters is 1. The number of hydrogen-bond donors (Lipinski definition) is 0. The Hall–Kier alpha value is -2.96. The second kappa shape index (κ2) is 5.80. The largest absolute Gasteiger partial charge is 0.444 e. The minimum absolute atomic E-state index is 0.237. The van der Waals surface area contributed by atoms with Gasteiger partial charge in [0.2, 0.25) is 6.10 Å². The average molecular weight is 298 g/mol. The van der Waals surface area contributed by atoms with Crippen molar-refractivity contribution in [3.8, 4) is 0 Å². The monoisotopic (exact) mass is 298 g/mol. The number of nitrogens with zero attached hydrogens (tertiary/aromatic N) is 4. The summed E-state index contributed by atoms with van der Waals surface area (Å²) >= 11 is 0. The first-order chi connectivity index (χ1) is 10.6. The Balaban J connectivity index is 1.91. The molecule has 0 spiro atoms. The Morgan fingerprint density at radius 1 is 1.32 bits per heavy atom. The molecule has 22 heavy (non-hydrogen) atoms. The lowest BCUT2D eigenvalue weighted by Gasteiger charge is -2.13. The fraction of sp³-hybridized carbons (Fsp3) is 0.200. The van der Waals surface area contributed by atoms with Crippen LogP contribution in [0.25, 0.3) is 0 Å². The van der Waals surface area contributed by atoms with Crippen molar-refractivity contribution in [3.05, 3.63) is 65.6 Å². The lowest BCUT2D eigenvalue weighted by atomic mass is 10.1. The van der Waals surface area contributed by atoms with Gasteiger partial charge in [-0.1, -0.05) is 35.5 Å². The van der Waals surface area contributed by atoms with Gasteiger partial charge in [-0.25, -0.2) is 4.79 Å². The van der Waals surface area contributed by atoms with Crippen LogP contribution in [0.4, 0.5) is 0 Å². The lowest BCUT2D eigenvalue weighted by molar-refractivity contribution is 0.0314. The Morgan fingerprint density at radius 2 is 2.09 bits per heavy atom. The summed E-state index contributed by atoms with van der Waals surface area (Å²) in [6, 6.07) is 9.25. The van der Waals surface area contributed by atoms with E-state index in [2.05, 4.69) is 15.2 Å². The predicted molar refractivity (Wildman–Crippen MR) is 75.9 cm³/mol. The van der Waals surface area contributed by atoms with Crippen molar-refractivity contribution in [3.63, 3.8) is 0 Å². The average Bonchev–Trinajstić information content (AvgIpc) is 3.14. The Kier molecular flexibility index (Phi) is 3.69. The van der Waals surface area contributed by atoms with Gasteiger partial charge in [0, 0.05) is 18.8 Å². The Morgan fingerprint density at radius 3 is 2.68 bits per heavy atom. The van der Waals surface area contributed by atoms with Crippen LogP contribution in [0.1, 0.15) is 33.7 Å². The minimum atomic E-state index is -0.755. The molecule has 2 aromatic heterocycles. The maximum absolute atomic E-state index is 12.3. The molecule has 0 amide bonds. The van der Waals surface area contributed by atoms with Gasteiger partial charge in [-0.05, 0) is 6.92 Å². The quantitative estimate of drug-likeness (QED) is 0.686. The molecule has 0 saturated carbocycles. The summed E-state index contributed by atoms with van der Waals surface area (Å²) in [6.45, 7) is 1.71. The number of carbonyl (C=O) groups excluding carboxylic acids is 1. The van der Waals surface area contributed by atoms with E-state index >= 15 is 0 Å². The number of carbonyl (C=O) groups is 1. The third kappa shape index (κ3) is 2.88. The molecule has 2 heterocycles. The van der Waals surface area contributed by atoms with Crippen molar-refractivity contribution in [2.45, 2.75) is 13.0 Å². The molecular formula is C15H14N4O3. The van der Waals surface area contributed by atoms with Crippen molar-refractivity contribution >= 4 is 5.97 Å². The second-order valence-corrected chi connectivity index (χ2v) is 4.78. The lowest BCUT2D eigenvalue weighted by Crippen LogP contribution is -2.13. The van der Waals surface area contributed by atoms with Gasteiger partial charge in [0.25, 0.3) is 5.89 Å². The van der Waals surface area contributed by atoms with Gasteiger partial charge in [0.05, 0.1) is 11.8 Å². The van der Waals surface area contributed by atoms with Crippen LogP contribution in [0.5, 0.6) is 0 Å². The SMILES string of the molecule is Cc1noc([C@H](OC(=O)c2cnn(C)c2)c2ccccc2)n1. The number of aryl methyl sites for hydroxylation is 2. The normalized spacial score (nSPS) is 12.1. The van der Waals surface area contributed by atoms with E-state index in [0.717, 1.165) is 5.56 Å². The van der Waals surface area contributed by atoms with E-state index in [1.807, 2.05) is 30.3 Å². The van der Waals surface area contributed by atoms with E-state index in [0.29, 0.717) is 11.4 Å². The fourth-order valence-corrected chi connectivity index (χ4v) is 2.01. The van der Waals surface area contributed by atoms with Crippen LogP contribution >= 0.6 is 0 Å². The third-order valence-corrected chi connectivity index (χ3v) is 3.04. The number of rotatable bonds is 4. The first-order valence-electron chi connectivity index (χ1n) is 6.68. The van der Waals surface area contributed by atoms with E-state index in [-0.39, 0.29) is 5.89 Å². The second-order valence-electron chi connectivity index (χ2n) is 4.78.